The Hall–Kier alpha value is -0.750. The van der Waals surface area contributed by atoms with Crippen molar-refractivity contribution in [1.29, 1.82) is 0 Å². The fourth-order valence-corrected chi connectivity index (χ4v) is 1.35. The minimum absolute atomic E-state index is 0.0488. The molecule has 0 radical (unpaired) electrons. The normalized spacial score (nSPS) is 10.1. The van der Waals surface area contributed by atoms with E-state index >= 15 is 0 Å². The first-order chi connectivity index (χ1) is 7.19. The van der Waals surface area contributed by atoms with Crippen LogP contribution < -0.4 is 16.0 Å². The summed E-state index contributed by atoms with van der Waals surface area (Å²) in [6, 6.07) is 1.49. The van der Waals surface area contributed by atoms with Gasteiger partial charge >= 0.3 is 0 Å². The summed E-state index contributed by atoms with van der Waals surface area (Å²) in [7, 11) is 0. The molecule has 7 heteroatoms. The molecule has 1 heterocycles. The van der Waals surface area contributed by atoms with E-state index in [2.05, 4.69) is 10.4 Å². The lowest BCUT2D eigenvalue weighted by atomic mass is 10.4. The van der Waals surface area contributed by atoms with Gasteiger partial charge in [-0.05, 0) is 6.07 Å². The Kier molecular flexibility index (Phi) is 4.90. The molecule has 0 aliphatic rings. The predicted octanol–water partition coefficient (Wildman–Crippen LogP) is 1.44. The van der Waals surface area contributed by atoms with Gasteiger partial charge in [0.15, 0.2) is 5.82 Å². The Labute approximate surface area is 97.1 Å². The number of aromatic nitrogens is 1. The van der Waals surface area contributed by atoms with E-state index in [9.17, 15) is 0 Å². The molecule has 0 spiro atoms. The number of rotatable bonds is 5. The highest BCUT2D eigenvalue weighted by molar-refractivity contribution is 6.36. The van der Waals surface area contributed by atoms with Crippen LogP contribution in [-0.4, -0.2) is 23.3 Å². The molecule has 0 amide bonds. The Morgan fingerprint density at radius 2 is 2.20 bits per heavy atom. The topological polar surface area (TPSA) is 80.4 Å². The van der Waals surface area contributed by atoms with Crippen LogP contribution in [0.25, 0.3) is 0 Å². The number of hydrogen-bond acceptors (Lipinski definition) is 5. The van der Waals surface area contributed by atoms with Gasteiger partial charge in [-0.25, -0.2) is 5.84 Å². The molecule has 15 heavy (non-hydrogen) atoms. The van der Waals surface area contributed by atoms with Gasteiger partial charge < -0.3 is 15.3 Å². The average molecular weight is 252 g/mol. The predicted molar refractivity (Wildman–Crippen MR) is 59.3 cm³/mol. The molecule has 0 bridgehead atoms. The Bertz CT molecular complexity index is 336. The van der Waals surface area contributed by atoms with Crippen LogP contribution in [0.15, 0.2) is 6.07 Å². The number of anilines is 1. The molecule has 4 N–H and O–H groups in total. The summed E-state index contributed by atoms with van der Waals surface area (Å²) in [5.41, 5.74) is 2.32. The number of pyridine rings is 1. The number of ether oxygens (including phenoxy) is 1. The van der Waals surface area contributed by atoms with Crippen molar-refractivity contribution in [3.63, 3.8) is 0 Å². The molecule has 1 rings (SSSR count). The minimum atomic E-state index is 0.0488. The number of nitrogens with two attached hydrogens (primary N) is 1. The maximum atomic E-state index is 8.57. The first kappa shape index (κ1) is 12.3. The Balaban J connectivity index is 2.78. The molecule has 0 aliphatic heterocycles. The van der Waals surface area contributed by atoms with Gasteiger partial charge in [0, 0.05) is 13.0 Å². The van der Waals surface area contributed by atoms with Crippen LogP contribution in [0, 0.1) is 0 Å². The van der Waals surface area contributed by atoms with Crippen LogP contribution in [0.1, 0.15) is 6.42 Å². The van der Waals surface area contributed by atoms with Crippen LogP contribution in [-0.2, 0) is 0 Å². The Morgan fingerprint density at radius 3 is 2.80 bits per heavy atom. The third-order valence-electron chi connectivity index (χ3n) is 1.58. The highest BCUT2D eigenvalue weighted by Crippen LogP contribution is 2.30. The van der Waals surface area contributed by atoms with E-state index in [0.29, 0.717) is 28.9 Å². The monoisotopic (exact) mass is 251 g/mol. The fraction of sp³-hybridized carbons (Fsp3) is 0.375. The molecule has 5 nitrogen and oxygen atoms in total. The zero-order chi connectivity index (χ0) is 11.3. The summed E-state index contributed by atoms with van der Waals surface area (Å²) < 4.78 is 5.22. The van der Waals surface area contributed by atoms with Gasteiger partial charge in [-0.2, -0.15) is 4.98 Å². The lowest BCUT2D eigenvalue weighted by Crippen LogP contribution is -2.10. The number of nitrogens with zero attached hydrogens (tertiary/aromatic N) is 1. The van der Waals surface area contributed by atoms with Crippen LogP contribution >= 0.6 is 23.2 Å². The molecule has 1 aromatic rings. The summed E-state index contributed by atoms with van der Waals surface area (Å²) in [5, 5.41) is 9.19. The van der Waals surface area contributed by atoms with Crippen molar-refractivity contribution in [2.75, 3.05) is 18.6 Å². The number of aliphatic hydroxyl groups excluding tert-OH is 1. The highest BCUT2D eigenvalue weighted by Gasteiger charge is 2.09. The van der Waals surface area contributed by atoms with Crippen molar-refractivity contribution in [3.8, 4) is 5.88 Å². The quantitative estimate of drug-likeness (QED) is 0.419. The zero-order valence-electron chi connectivity index (χ0n) is 7.83. The van der Waals surface area contributed by atoms with Gasteiger partial charge in [0.25, 0.3) is 0 Å². The number of nitrogen functional groups attached to an aromatic ring is 1. The number of nitrogens with one attached hydrogen (secondary N) is 1. The molecule has 84 valence electrons. The molecule has 0 saturated heterocycles. The van der Waals surface area contributed by atoms with E-state index in [1.807, 2.05) is 0 Å². The molecule has 0 aliphatic carbocycles. The number of hydrogen-bond donors (Lipinski definition) is 3. The molecular weight excluding hydrogens is 241 g/mol. The summed E-state index contributed by atoms with van der Waals surface area (Å²) in [4.78, 5) is 3.96. The van der Waals surface area contributed by atoms with Crippen molar-refractivity contribution < 1.29 is 9.84 Å². The lowest BCUT2D eigenvalue weighted by Gasteiger charge is -2.09. The standard InChI is InChI=1S/C8H11Cl2N3O2/c9-5-4-6(10)8(12-7(5)13-11)15-3-1-2-14/h4,14H,1-3,11H2,(H,12,13). The summed E-state index contributed by atoms with van der Waals surface area (Å²) in [6.45, 7) is 0.377. The van der Waals surface area contributed by atoms with Crippen molar-refractivity contribution in [3.05, 3.63) is 16.1 Å². The van der Waals surface area contributed by atoms with Crippen molar-refractivity contribution in [2.24, 2.45) is 5.84 Å². The van der Waals surface area contributed by atoms with Crippen molar-refractivity contribution >= 4 is 29.0 Å². The third kappa shape index (κ3) is 3.39. The largest absolute Gasteiger partial charge is 0.476 e. The summed E-state index contributed by atoms with van der Waals surface area (Å²) >= 11 is 11.6. The molecule has 0 aromatic carbocycles. The second kappa shape index (κ2) is 5.97. The van der Waals surface area contributed by atoms with E-state index in [-0.39, 0.29) is 12.5 Å². The van der Waals surface area contributed by atoms with Gasteiger partial charge in [0.2, 0.25) is 5.88 Å². The van der Waals surface area contributed by atoms with Crippen LogP contribution in [0.2, 0.25) is 10.0 Å². The smallest absolute Gasteiger partial charge is 0.234 e. The average Bonchev–Trinajstić information content (AvgIpc) is 2.21. The first-order valence-electron chi connectivity index (χ1n) is 4.25. The zero-order valence-corrected chi connectivity index (χ0v) is 9.35. The molecule has 1 aromatic heterocycles. The van der Waals surface area contributed by atoms with Gasteiger partial charge in [-0.15, -0.1) is 0 Å². The number of hydrazine groups is 1. The Morgan fingerprint density at radius 1 is 1.47 bits per heavy atom. The van der Waals surface area contributed by atoms with E-state index in [1.165, 1.54) is 6.07 Å². The second-order valence-corrected chi connectivity index (χ2v) is 3.49. The van der Waals surface area contributed by atoms with Gasteiger partial charge in [0.05, 0.1) is 11.6 Å². The van der Waals surface area contributed by atoms with Crippen LogP contribution in [0.4, 0.5) is 5.82 Å². The molecule has 0 atom stereocenters. The molecule has 0 unspecified atom stereocenters. The highest BCUT2D eigenvalue weighted by atomic mass is 35.5. The second-order valence-electron chi connectivity index (χ2n) is 2.68. The summed E-state index contributed by atoms with van der Waals surface area (Å²) in [5.74, 6) is 5.72. The van der Waals surface area contributed by atoms with Crippen molar-refractivity contribution in [2.45, 2.75) is 6.42 Å². The van der Waals surface area contributed by atoms with Crippen molar-refractivity contribution in [1.82, 2.24) is 4.98 Å². The van der Waals surface area contributed by atoms with Crippen LogP contribution in [0.5, 0.6) is 5.88 Å². The van der Waals surface area contributed by atoms with Crippen LogP contribution in [0.3, 0.4) is 0 Å². The molecule has 0 fully saturated rings. The van der Waals surface area contributed by atoms with Gasteiger partial charge in [0.1, 0.15) is 5.02 Å². The van der Waals surface area contributed by atoms with Gasteiger partial charge in [-0.1, -0.05) is 23.2 Å². The van der Waals surface area contributed by atoms with E-state index in [1.54, 1.807) is 0 Å². The SMILES string of the molecule is NNc1nc(OCCCO)c(Cl)cc1Cl. The van der Waals surface area contributed by atoms with E-state index < -0.39 is 0 Å². The molecular formula is C8H11Cl2N3O2. The maximum absolute atomic E-state index is 8.57. The lowest BCUT2D eigenvalue weighted by molar-refractivity contribution is 0.229. The first-order valence-corrected chi connectivity index (χ1v) is 5.01. The summed E-state index contributed by atoms with van der Waals surface area (Å²) in [6.07, 6.45) is 0.506. The van der Waals surface area contributed by atoms with E-state index in [0.717, 1.165) is 0 Å². The van der Waals surface area contributed by atoms with E-state index in [4.69, 9.17) is 38.9 Å². The maximum Gasteiger partial charge on any atom is 0.234 e. The third-order valence-corrected chi connectivity index (χ3v) is 2.13. The van der Waals surface area contributed by atoms with Gasteiger partial charge in [-0.3, -0.25) is 0 Å². The fourth-order valence-electron chi connectivity index (χ4n) is 0.886. The molecule has 0 saturated carbocycles. The number of halogens is 2. The number of aliphatic hydroxyl groups is 1. The minimum Gasteiger partial charge on any atom is -0.476 e.